The molecule has 2 unspecified atom stereocenters. The van der Waals surface area contributed by atoms with E-state index in [0.29, 0.717) is 0 Å². The van der Waals surface area contributed by atoms with Gasteiger partial charge in [0.15, 0.2) is 0 Å². The van der Waals surface area contributed by atoms with Crippen LogP contribution in [0.2, 0.25) is 0 Å². The van der Waals surface area contributed by atoms with Gasteiger partial charge in [-0.05, 0) is 59.3 Å². The number of ether oxygens (including phenoxy) is 2. The molecule has 1 saturated heterocycles. The summed E-state index contributed by atoms with van der Waals surface area (Å²) in [7, 11) is 1.67. The van der Waals surface area contributed by atoms with Gasteiger partial charge in [0.25, 0.3) is 0 Å². The van der Waals surface area contributed by atoms with E-state index < -0.39 is 0 Å². The second-order valence-corrected chi connectivity index (χ2v) is 5.71. The first kappa shape index (κ1) is 14.8. The van der Waals surface area contributed by atoms with Crippen molar-refractivity contribution in [3.63, 3.8) is 0 Å². The third-order valence-electron chi connectivity index (χ3n) is 3.55. The molecule has 1 aliphatic rings. The van der Waals surface area contributed by atoms with Crippen molar-refractivity contribution < 1.29 is 9.47 Å². The van der Waals surface area contributed by atoms with Gasteiger partial charge < -0.3 is 9.47 Å². The second-order valence-electron chi connectivity index (χ2n) is 4.85. The predicted octanol–water partition coefficient (Wildman–Crippen LogP) is 2.40. The Kier molecular flexibility index (Phi) is 5.63. The molecule has 0 amide bonds. The van der Waals surface area contributed by atoms with Crippen LogP contribution in [0.25, 0.3) is 0 Å². The van der Waals surface area contributed by atoms with E-state index in [9.17, 15) is 0 Å². The molecule has 1 aromatic rings. The van der Waals surface area contributed by atoms with Crippen LogP contribution in [-0.4, -0.2) is 25.9 Å². The lowest BCUT2D eigenvalue weighted by atomic mass is 9.96. The van der Waals surface area contributed by atoms with Gasteiger partial charge in [-0.15, -0.1) is 0 Å². The van der Waals surface area contributed by atoms with Gasteiger partial charge >= 0.3 is 0 Å². The number of benzene rings is 1. The molecule has 1 aliphatic heterocycles. The average Bonchev–Trinajstić information content (AvgIpc) is 2.46. The zero-order valence-corrected chi connectivity index (χ0v) is 12.8. The van der Waals surface area contributed by atoms with Gasteiger partial charge in [-0.3, -0.25) is 11.3 Å². The SMILES string of the molecule is COc1ccc(CC(NN)C2CCCCO2)cc1Br. The fourth-order valence-electron chi connectivity index (χ4n) is 2.47. The molecule has 0 saturated carbocycles. The first-order chi connectivity index (χ1) is 9.24. The molecule has 5 heteroatoms. The maximum absolute atomic E-state index is 5.80. The second kappa shape index (κ2) is 7.24. The molecule has 2 rings (SSSR count). The summed E-state index contributed by atoms with van der Waals surface area (Å²) >= 11 is 3.51. The van der Waals surface area contributed by atoms with Crippen molar-refractivity contribution in [2.24, 2.45) is 5.84 Å². The highest BCUT2D eigenvalue weighted by atomic mass is 79.9. The average molecular weight is 329 g/mol. The van der Waals surface area contributed by atoms with Gasteiger partial charge in [0.05, 0.1) is 23.7 Å². The summed E-state index contributed by atoms with van der Waals surface area (Å²) in [6.07, 6.45) is 4.51. The first-order valence-corrected chi connectivity index (χ1v) is 7.44. The Morgan fingerprint density at radius 3 is 2.95 bits per heavy atom. The fraction of sp³-hybridized carbons (Fsp3) is 0.571. The molecule has 1 fully saturated rings. The molecule has 106 valence electrons. The van der Waals surface area contributed by atoms with Gasteiger partial charge in [0.1, 0.15) is 5.75 Å². The normalized spacial score (nSPS) is 21.1. The highest BCUT2D eigenvalue weighted by Gasteiger charge is 2.23. The summed E-state index contributed by atoms with van der Waals surface area (Å²) < 4.78 is 12.0. The number of methoxy groups -OCH3 is 1. The number of halogens is 1. The van der Waals surface area contributed by atoms with Crippen molar-refractivity contribution in [1.29, 1.82) is 0 Å². The quantitative estimate of drug-likeness (QED) is 0.643. The van der Waals surface area contributed by atoms with E-state index in [-0.39, 0.29) is 12.1 Å². The lowest BCUT2D eigenvalue weighted by molar-refractivity contribution is -0.00744. The molecule has 0 radical (unpaired) electrons. The van der Waals surface area contributed by atoms with Crippen LogP contribution in [0.5, 0.6) is 5.75 Å². The van der Waals surface area contributed by atoms with Crippen LogP contribution in [0, 0.1) is 0 Å². The van der Waals surface area contributed by atoms with Crippen LogP contribution in [0.15, 0.2) is 22.7 Å². The molecule has 2 atom stereocenters. The zero-order chi connectivity index (χ0) is 13.7. The topological polar surface area (TPSA) is 56.5 Å². The van der Waals surface area contributed by atoms with Crippen LogP contribution in [0.3, 0.4) is 0 Å². The largest absolute Gasteiger partial charge is 0.496 e. The van der Waals surface area contributed by atoms with E-state index in [1.165, 1.54) is 12.0 Å². The predicted molar refractivity (Wildman–Crippen MR) is 79.1 cm³/mol. The third-order valence-corrected chi connectivity index (χ3v) is 4.17. The van der Waals surface area contributed by atoms with E-state index in [2.05, 4.69) is 33.5 Å². The lowest BCUT2D eigenvalue weighted by Gasteiger charge is -2.30. The molecule has 0 aromatic heterocycles. The zero-order valence-electron chi connectivity index (χ0n) is 11.2. The Morgan fingerprint density at radius 2 is 2.37 bits per heavy atom. The first-order valence-electron chi connectivity index (χ1n) is 6.64. The van der Waals surface area contributed by atoms with Crippen molar-refractivity contribution in [1.82, 2.24) is 5.43 Å². The van der Waals surface area contributed by atoms with Gasteiger partial charge in [0, 0.05) is 6.61 Å². The van der Waals surface area contributed by atoms with Gasteiger partial charge in [-0.1, -0.05) is 6.07 Å². The van der Waals surface area contributed by atoms with Crippen LogP contribution in [-0.2, 0) is 11.2 Å². The number of hydrogen-bond donors (Lipinski definition) is 2. The van der Waals surface area contributed by atoms with Crippen LogP contribution < -0.4 is 16.0 Å². The number of nitrogens with two attached hydrogens (primary N) is 1. The van der Waals surface area contributed by atoms with E-state index in [0.717, 1.165) is 36.1 Å². The lowest BCUT2D eigenvalue weighted by Crippen LogP contribution is -2.47. The standard InChI is InChI=1S/C14H21BrN2O2/c1-18-13-6-5-10(8-11(13)15)9-12(17-16)14-4-2-3-7-19-14/h5-6,8,12,14,17H,2-4,7,9,16H2,1H3. The number of nitrogens with one attached hydrogen (secondary N) is 1. The van der Waals surface area contributed by atoms with Gasteiger partial charge in [0.2, 0.25) is 0 Å². The molecule has 1 heterocycles. The van der Waals surface area contributed by atoms with E-state index >= 15 is 0 Å². The Labute approximate surface area is 122 Å². The van der Waals surface area contributed by atoms with Gasteiger partial charge in [-0.2, -0.15) is 0 Å². The van der Waals surface area contributed by atoms with E-state index in [1.807, 2.05) is 6.07 Å². The Balaban J connectivity index is 2.03. The van der Waals surface area contributed by atoms with Crippen molar-refractivity contribution in [2.45, 2.75) is 37.8 Å². The minimum Gasteiger partial charge on any atom is -0.496 e. The number of hydrogen-bond acceptors (Lipinski definition) is 4. The maximum atomic E-state index is 5.80. The van der Waals surface area contributed by atoms with E-state index in [4.69, 9.17) is 15.3 Å². The number of rotatable bonds is 5. The molecule has 1 aromatic carbocycles. The smallest absolute Gasteiger partial charge is 0.133 e. The van der Waals surface area contributed by atoms with Gasteiger partial charge in [-0.25, -0.2) is 0 Å². The monoisotopic (exact) mass is 328 g/mol. The maximum Gasteiger partial charge on any atom is 0.133 e. The Morgan fingerprint density at radius 1 is 1.53 bits per heavy atom. The van der Waals surface area contributed by atoms with Crippen molar-refractivity contribution in [2.75, 3.05) is 13.7 Å². The molecule has 0 aliphatic carbocycles. The molecule has 0 bridgehead atoms. The summed E-state index contributed by atoms with van der Waals surface area (Å²) in [5.74, 6) is 6.52. The molecule has 3 N–H and O–H groups in total. The van der Waals surface area contributed by atoms with E-state index in [1.54, 1.807) is 7.11 Å². The molecular weight excluding hydrogens is 308 g/mol. The minimum atomic E-state index is 0.153. The minimum absolute atomic E-state index is 0.153. The van der Waals surface area contributed by atoms with Crippen molar-refractivity contribution in [3.8, 4) is 5.75 Å². The fourth-order valence-corrected chi connectivity index (χ4v) is 3.06. The summed E-state index contributed by atoms with van der Waals surface area (Å²) in [6, 6.07) is 6.26. The molecule has 19 heavy (non-hydrogen) atoms. The Bertz CT molecular complexity index is 408. The molecule has 0 spiro atoms. The van der Waals surface area contributed by atoms with Crippen molar-refractivity contribution >= 4 is 15.9 Å². The Hall–Kier alpha value is -0.620. The molecule has 4 nitrogen and oxygen atoms in total. The highest BCUT2D eigenvalue weighted by molar-refractivity contribution is 9.10. The summed E-state index contributed by atoms with van der Waals surface area (Å²) in [5, 5.41) is 0. The van der Waals surface area contributed by atoms with Crippen LogP contribution in [0.4, 0.5) is 0 Å². The summed E-state index contributed by atoms with van der Waals surface area (Å²) in [4.78, 5) is 0. The summed E-state index contributed by atoms with van der Waals surface area (Å²) in [6.45, 7) is 0.842. The number of hydrazine groups is 1. The van der Waals surface area contributed by atoms with Crippen LogP contribution >= 0.6 is 15.9 Å². The van der Waals surface area contributed by atoms with Crippen LogP contribution in [0.1, 0.15) is 24.8 Å². The summed E-state index contributed by atoms with van der Waals surface area (Å²) in [5.41, 5.74) is 4.11. The van der Waals surface area contributed by atoms with Crippen molar-refractivity contribution in [3.05, 3.63) is 28.2 Å². The third kappa shape index (κ3) is 3.92. The highest BCUT2D eigenvalue weighted by Crippen LogP contribution is 2.27. The molecular formula is C14H21BrN2O2.